The van der Waals surface area contributed by atoms with Crippen molar-refractivity contribution < 1.29 is 10.2 Å². The third kappa shape index (κ3) is 3.30. The summed E-state index contributed by atoms with van der Waals surface area (Å²) in [5.41, 5.74) is 3.12. The van der Waals surface area contributed by atoms with Gasteiger partial charge in [-0.15, -0.1) is 0 Å². The first-order valence-corrected chi connectivity index (χ1v) is 5.64. The molecule has 0 radical (unpaired) electrons. The van der Waals surface area contributed by atoms with E-state index in [0.29, 0.717) is 13.0 Å². The molecule has 0 aliphatic carbocycles. The van der Waals surface area contributed by atoms with Crippen LogP contribution in [0.1, 0.15) is 29.2 Å². The van der Waals surface area contributed by atoms with Crippen molar-refractivity contribution in [3.63, 3.8) is 0 Å². The van der Waals surface area contributed by atoms with Gasteiger partial charge in [-0.25, -0.2) is 0 Å². The van der Waals surface area contributed by atoms with Crippen molar-refractivity contribution in [1.82, 2.24) is 5.32 Å². The topological polar surface area (TPSA) is 52.5 Å². The van der Waals surface area contributed by atoms with Gasteiger partial charge in [0.25, 0.3) is 0 Å². The van der Waals surface area contributed by atoms with Gasteiger partial charge in [-0.05, 0) is 50.6 Å². The first kappa shape index (κ1) is 13.2. The van der Waals surface area contributed by atoms with Crippen LogP contribution in [-0.2, 0) is 0 Å². The SMILES string of the molecule is CNCCC(O)C(O)c1ccc(C)c(C)c1. The number of hydrogen-bond donors (Lipinski definition) is 3. The Morgan fingerprint density at radius 1 is 1.19 bits per heavy atom. The molecule has 2 atom stereocenters. The summed E-state index contributed by atoms with van der Waals surface area (Å²) in [4.78, 5) is 0. The monoisotopic (exact) mass is 223 g/mol. The molecule has 0 saturated carbocycles. The van der Waals surface area contributed by atoms with Crippen LogP contribution in [-0.4, -0.2) is 29.9 Å². The number of rotatable bonds is 5. The maximum absolute atomic E-state index is 9.95. The van der Waals surface area contributed by atoms with E-state index >= 15 is 0 Å². The standard InChI is InChI=1S/C13H21NO2/c1-9-4-5-11(8-10(9)2)13(16)12(15)6-7-14-3/h4-5,8,12-16H,6-7H2,1-3H3. The molecule has 1 aromatic rings. The third-order valence-electron chi connectivity index (χ3n) is 2.93. The van der Waals surface area contributed by atoms with Gasteiger partial charge in [-0.2, -0.15) is 0 Å². The molecule has 3 nitrogen and oxygen atoms in total. The van der Waals surface area contributed by atoms with Gasteiger partial charge in [-0.3, -0.25) is 0 Å². The normalized spacial score (nSPS) is 14.8. The van der Waals surface area contributed by atoms with Crippen LogP contribution in [0.2, 0.25) is 0 Å². The maximum Gasteiger partial charge on any atom is 0.105 e. The van der Waals surface area contributed by atoms with E-state index in [0.717, 1.165) is 11.1 Å². The van der Waals surface area contributed by atoms with Crippen molar-refractivity contribution in [2.45, 2.75) is 32.5 Å². The second-order valence-electron chi connectivity index (χ2n) is 4.25. The van der Waals surface area contributed by atoms with Crippen LogP contribution in [0.25, 0.3) is 0 Å². The van der Waals surface area contributed by atoms with E-state index in [1.54, 1.807) is 0 Å². The molecule has 2 unspecified atom stereocenters. The minimum atomic E-state index is -0.798. The number of benzene rings is 1. The van der Waals surface area contributed by atoms with Crippen LogP contribution in [0.5, 0.6) is 0 Å². The molecule has 0 heterocycles. The molecule has 0 spiro atoms. The molecule has 0 aliphatic rings. The van der Waals surface area contributed by atoms with Crippen LogP contribution in [0.3, 0.4) is 0 Å². The molecule has 0 amide bonds. The second-order valence-corrected chi connectivity index (χ2v) is 4.25. The van der Waals surface area contributed by atoms with E-state index < -0.39 is 12.2 Å². The van der Waals surface area contributed by atoms with Gasteiger partial charge in [0.2, 0.25) is 0 Å². The van der Waals surface area contributed by atoms with Crippen LogP contribution in [0.4, 0.5) is 0 Å². The van der Waals surface area contributed by atoms with Gasteiger partial charge in [0.15, 0.2) is 0 Å². The van der Waals surface area contributed by atoms with Crippen molar-refractivity contribution in [2.24, 2.45) is 0 Å². The van der Waals surface area contributed by atoms with Crippen LogP contribution >= 0.6 is 0 Å². The summed E-state index contributed by atoms with van der Waals surface area (Å²) in [5.74, 6) is 0. The molecular weight excluding hydrogens is 202 g/mol. The van der Waals surface area contributed by atoms with Crippen LogP contribution in [0, 0.1) is 13.8 Å². The lowest BCUT2D eigenvalue weighted by atomic mass is 9.98. The molecule has 0 bridgehead atoms. The zero-order valence-corrected chi connectivity index (χ0v) is 10.2. The lowest BCUT2D eigenvalue weighted by Gasteiger charge is -2.18. The summed E-state index contributed by atoms with van der Waals surface area (Å²) >= 11 is 0. The van der Waals surface area contributed by atoms with Gasteiger partial charge in [0.05, 0.1) is 6.10 Å². The van der Waals surface area contributed by atoms with E-state index in [1.165, 1.54) is 5.56 Å². The molecule has 0 aromatic heterocycles. The average Bonchev–Trinajstić information content (AvgIpc) is 2.28. The Morgan fingerprint density at radius 2 is 1.88 bits per heavy atom. The van der Waals surface area contributed by atoms with Crippen molar-refractivity contribution in [3.8, 4) is 0 Å². The summed E-state index contributed by atoms with van der Waals surface area (Å²) in [6, 6.07) is 5.77. The molecule has 0 saturated heterocycles. The molecule has 1 aromatic carbocycles. The van der Waals surface area contributed by atoms with Crippen molar-refractivity contribution in [3.05, 3.63) is 34.9 Å². The zero-order chi connectivity index (χ0) is 12.1. The lowest BCUT2D eigenvalue weighted by molar-refractivity contribution is 0.0140. The maximum atomic E-state index is 9.95. The van der Waals surface area contributed by atoms with Gasteiger partial charge in [0.1, 0.15) is 6.10 Å². The number of hydrogen-bond acceptors (Lipinski definition) is 3. The largest absolute Gasteiger partial charge is 0.390 e. The molecule has 0 aliphatic heterocycles. The summed E-state index contributed by atoms with van der Waals surface area (Å²) < 4.78 is 0. The van der Waals surface area contributed by atoms with Gasteiger partial charge in [0, 0.05) is 0 Å². The fraction of sp³-hybridized carbons (Fsp3) is 0.538. The predicted molar refractivity (Wildman–Crippen MR) is 65.4 cm³/mol. The summed E-state index contributed by atoms with van der Waals surface area (Å²) in [6.45, 7) is 4.73. The molecular formula is C13H21NO2. The van der Waals surface area contributed by atoms with Crippen LogP contribution < -0.4 is 5.32 Å². The summed E-state index contributed by atoms with van der Waals surface area (Å²) in [7, 11) is 1.83. The highest BCUT2D eigenvalue weighted by Gasteiger charge is 2.17. The quantitative estimate of drug-likeness (QED) is 0.705. The fourth-order valence-electron chi connectivity index (χ4n) is 1.62. The number of nitrogens with one attached hydrogen (secondary N) is 1. The zero-order valence-electron chi connectivity index (χ0n) is 10.2. The van der Waals surface area contributed by atoms with Crippen molar-refractivity contribution in [1.29, 1.82) is 0 Å². The first-order chi connectivity index (χ1) is 7.56. The van der Waals surface area contributed by atoms with Crippen molar-refractivity contribution >= 4 is 0 Å². The molecule has 16 heavy (non-hydrogen) atoms. The molecule has 90 valence electrons. The Labute approximate surface area is 97.1 Å². The molecule has 3 N–H and O–H groups in total. The second kappa shape index (κ2) is 5.99. The molecule has 1 rings (SSSR count). The van der Waals surface area contributed by atoms with Gasteiger partial charge in [-0.1, -0.05) is 18.2 Å². The minimum absolute atomic E-state index is 0.546. The Bertz CT molecular complexity index is 339. The predicted octanol–water partition coefficient (Wildman–Crippen LogP) is 1.31. The fourth-order valence-corrected chi connectivity index (χ4v) is 1.62. The third-order valence-corrected chi connectivity index (χ3v) is 2.93. The van der Waals surface area contributed by atoms with Gasteiger partial charge >= 0.3 is 0 Å². The number of aliphatic hydroxyl groups excluding tert-OH is 2. The van der Waals surface area contributed by atoms with Crippen molar-refractivity contribution in [2.75, 3.05) is 13.6 Å². The Morgan fingerprint density at radius 3 is 2.44 bits per heavy atom. The first-order valence-electron chi connectivity index (χ1n) is 5.64. The highest BCUT2D eigenvalue weighted by atomic mass is 16.3. The van der Waals surface area contributed by atoms with E-state index in [4.69, 9.17) is 0 Å². The summed E-state index contributed by atoms with van der Waals surface area (Å²) in [5, 5.41) is 22.7. The van der Waals surface area contributed by atoms with E-state index in [2.05, 4.69) is 5.32 Å². The van der Waals surface area contributed by atoms with E-state index in [9.17, 15) is 10.2 Å². The lowest BCUT2D eigenvalue weighted by Crippen LogP contribution is -2.23. The summed E-state index contributed by atoms with van der Waals surface area (Å²) in [6.07, 6.45) is -0.966. The number of aryl methyl sites for hydroxylation is 2. The van der Waals surface area contributed by atoms with Crippen LogP contribution in [0.15, 0.2) is 18.2 Å². The van der Waals surface area contributed by atoms with E-state index in [1.807, 2.05) is 39.1 Å². The highest BCUT2D eigenvalue weighted by molar-refractivity contribution is 5.31. The van der Waals surface area contributed by atoms with E-state index in [-0.39, 0.29) is 0 Å². The number of aliphatic hydroxyl groups is 2. The Balaban J connectivity index is 2.71. The average molecular weight is 223 g/mol. The van der Waals surface area contributed by atoms with Gasteiger partial charge < -0.3 is 15.5 Å². The Kier molecular flexibility index (Phi) is 4.93. The highest BCUT2D eigenvalue weighted by Crippen LogP contribution is 2.21. The molecule has 0 fully saturated rings. The smallest absolute Gasteiger partial charge is 0.105 e. The Hall–Kier alpha value is -0.900. The molecule has 3 heteroatoms. The minimum Gasteiger partial charge on any atom is -0.390 e.